The zero-order valence-electron chi connectivity index (χ0n) is 14.9. The SMILES string of the molecule is O=C1NC2(CCN(C(=O)c3ccc4cc[nH]c4n3)CC2)Oc2ccc(Br)cc21. The number of pyridine rings is 1. The molecule has 3 aromatic rings. The van der Waals surface area contributed by atoms with Crippen molar-refractivity contribution in [1.82, 2.24) is 20.2 Å². The van der Waals surface area contributed by atoms with Crippen LogP contribution in [0.3, 0.4) is 0 Å². The number of amides is 2. The molecule has 2 aliphatic heterocycles. The number of ether oxygens (including phenoxy) is 1. The van der Waals surface area contributed by atoms with Gasteiger partial charge >= 0.3 is 0 Å². The summed E-state index contributed by atoms with van der Waals surface area (Å²) in [4.78, 5) is 34.6. The molecule has 4 heterocycles. The van der Waals surface area contributed by atoms with Crippen molar-refractivity contribution in [3.63, 3.8) is 0 Å². The Balaban J connectivity index is 1.32. The Morgan fingerprint density at radius 1 is 1.18 bits per heavy atom. The van der Waals surface area contributed by atoms with Crippen LogP contribution in [0.5, 0.6) is 5.75 Å². The lowest BCUT2D eigenvalue weighted by molar-refractivity contribution is -0.0246. The maximum Gasteiger partial charge on any atom is 0.272 e. The summed E-state index contributed by atoms with van der Waals surface area (Å²) < 4.78 is 6.98. The number of carbonyl (C=O) groups excluding carboxylic acids is 2. The van der Waals surface area contributed by atoms with E-state index in [2.05, 4.69) is 31.2 Å². The summed E-state index contributed by atoms with van der Waals surface area (Å²) >= 11 is 3.38. The van der Waals surface area contributed by atoms with Crippen LogP contribution in [-0.2, 0) is 0 Å². The third kappa shape index (κ3) is 2.84. The summed E-state index contributed by atoms with van der Waals surface area (Å²) in [6.07, 6.45) is 2.84. The molecule has 2 aliphatic rings. The molecule has 8 heteroatoms. The molecule has 2 amide bonds. The highest BCUT2D eigenvalue weighted by Crippen LogP contribution is 2.35. The number of piperidine rings is 1. The molecule has 5 rings (SSSR count). The number of fused-ring (bicyclic) bond motifs is 2. The number of aromatic nitrogens is 2. The van der Waals surface area contributed by atoms with Gasteiger partial charge in [0.1, 0.15) is 17.1 Å². The number of aromatic amines is 1. The van der Waals surface area contributed by atoms with Crippen molar-refractivity contribution in [3.8, 4) is 5.75 Å². The quantitative estimate of drug-likeness (QED) is 0.608. The van der Waals surface area contributed by atoms with Crippen molar-refractivity contribution in [3.05, 3.63) is 58.3 Å². The van der Waals surface area contributed by atoms with Gasteiger partial charge in [-0.2, -0.15) is 0 Å². The fourth-order valence-electron chi connectivity index (χ4n) is 3.79. The molecule has 7 nitrogen and oxygen atoms in total. The Morgan fingerprint density at radius 2 is 2.00 bits per heavy atom. The van der Waals surface area contributed by atoms with Gasteiger partial charge in [0.15, 0.2) is 5.72 Å². The van der Waals surface area contributed by atoms with Crippen molar-refractivity contribution >= 4 is 38.8 Å². The molecule has 0 atom stereocenters. The van der Waals surface area contributed by atoms with Gasteiger partial charge in [-0.25, -0.2) is 4.98 Å². The second-order valence-electron chi connectivity index (χ2n) is 7.10. The lowest BCUT2D eigenvalue weighted by Gasteiger charge is -2.44. The van der Waals surface area contributed by atoms with E-state index in [1.807, 2.05) is 18.2 Å². The Bertz CT molecular complexity index is 1100. The van der Waals surface area contributed by atoms with Crippen molar-refractivity contribution in [2.75, 3.05) is 13.1 Å². The molecule has 142 valence electrons. The number of nitrogens with one attached hydrogen (secondary N) is 2. The maximum atomic E-state index is 12.9. The van der Waals surface area contributed by atoms with Crippen molar-refractivity contribution < 1.29 is 14.3 Å². The minimum absolute atomic E-state index is 0.113. The van der Waals surface area contributed by atoms with Crippen LogP contribution in [-0.4, -0.2) is 45.5 Å². The number of halogens is 1. The number of carbonyl (C=O) groups is 2. The molecule has 1 aromatic carbocycles. The summed E-state index contributed by atoms with van der Waals surface area (Å²) in [6.45, 7) is 0.963. The number of rotatable bonds is 1. The molecule has 1 spiro atoms. The van der Waals surface area contributed by atoms with Gasteiger partial charge in [0.2, 0.25) is 0 Å². The molecular weight excluding hydrogens is 424 g/mol. The van der Waals surface area contributed by atoms with Gasteiger partial charge in [0.05, 0.1) is 5.56 Å². The lowest BCUT2D eigenvalue weighted by atomic mass is 9.96. The molecule has 0 bridgehead atoms. The minimum Gasteiger partial charge on any atom is -0.467 e. The van der Waals surface area contributed by atoms with Crippen LogP contribution < -0.4 is 10.1 Å². The summed E-state index contributed by atoms with van der Waals surface area (Å²) in [6, 6.07) is 10.9. The average molecular weight is 441 g/mol. The molecule has 0 aliphatic carbocycles. The first-order chi connectivity index (χ1) is 13.5. The number of hydrogen-bond donors (Lipinski definition) is 2. The number of likely N-dealkylation sites (tertiary alicyclic amines) is 1. The van der Waals surface area contributed by atoms with E-state index in [-0.39, 0.29) is 11.8 Å². The van der Waals surface area contributed by atoms with E-state index >= 15 is 0 Å². The van der Waals surface area contributed by atoms with Crippen molar-refractivity contribution in [2.45, 2.75) is 18.6 Å². The number of nitrogens with zero attached hydrogens (tertiary/aromatic N) is 2. The Morgan fingerprint density at radius 3 is 2.82 bits per heavy atom. The highest BCUT2D eigenvalue weighted by Gasteiger charge is 2.43. The van der Waals surface area contributed by atoms with Gasteiger partial charge in [-0.3, -0.25) is 9.59 Å². The molecular formula is C20H17BrN4O3. The van der Waals surface area contributed by atoms with Crippen LogP contribution in [0.2, 0.25) is 0 Å². The van der Waals surface area contributed by atoms with Crippen LogP contribution in [0.25, 0.3) is 11.0 Å². The number of benzene rings is 1. The molecule has 0 saturated carbocycles. The maximum absolute atomic E-state index is 12.9. The van der Waals surface area contributed by atoms with E-state index in [9.17, 15) is 9.59 Å². The Kier molecular flexibility index (Phi) is 3.90. The van der Waals surface area contributed by atoms with E-state index < -0.39 is 5.72 Å². The van der Waals surface area contributed by atoms with Crippen molar-refractivity contribution in [1.29, 1.82) is 0 Å². The van der Waals surface area contributed by atoms with Crippen LogP contribution in [0.1, 0.15) is 33.7 Å². The van der Waals surface area contributed by atoms with Gasteiger partial charge in [0, 0.05) is 42.0 Å². The fraction of sp³-hybridized carbons (Fsp3) is 0.250. The molecule has 1 saturated heterocycles. The van der Waals surface area contributed by atoms with Gasteiger partial charge in [-0.05, 0) is 36.4 Å². The summed E-state index contributed by atoms with van der Waals surface area (Å²) in [5.74, 6) is 0.310. The fourth-order valence-corrected chi connectivity index (χ4v) is 4.15. The Hall–Kier alpha value is -2.87. The molecule has 0 unspecified atom stereocenters. The minimum atomic E-state index is -0.772. The van der Waals surface area contributed by atoms with Gasteiger partial charge in [-0.1, -0.05) is 15.9 Å². The predicted octanol–water partition coefficient (Wildman–Crippen LogP) is 3.08. The third-order valence-electron chi connectivity index (χ3n) is 5.32. The largest absolute Gasteiger partial charge is 0.467 e. The summed E-state index contributed by atoms with van der Waals surface area (Å²) in [5.41, 5.74) is 0.854. The van der Waals surface area contributed by atoms with Gasteiger partial charge in [-0.15, -0.1) is 0 Å². The lowest BCUT2D eigenvalue weighted by Crippen LogP contribution is -2.61. The zero-order valence-corrected chi connectivity index (χ0v) is 16.5. The number of H-pyrrole nitrogens is 1. The number of hydrogen-bond acceptors (Lipinski definition) is 4. The zero-order chi connectivity index (χ0) is 19.3. The molecule has 1 fully saturated rings. The monoisotopic (exact) mass is 440 g/mol. The van der Waals surface area contributed by atoms with Gasteiger partial charge in [0.25, 0.3) is 11.8 Å². The molecule has 2 N–H and O–H groups in total. The van der Waals surface area contributed by atoms with E-state index in [4.69, 9.17) is 4.74 Å². The van der Waals surface area contributed by atoms with E-state index in [0.717, 1.165) is 9.86 Å². The van der Waals surface area contributed by atoms with Gasteiger partial charge < -0.3 is 19.9 Å². The van der Waals surface area contributed by atoms with Crippen LogP contribution in [0, 0.1) is 0 Å². The molecule has 0 radical (unpaired) electrons. The third-order valence-corrected chi connectivity index (χ3v) is 5.81. The first-order valence-corrected chi connectivity index (χ1v) is 9.87. The normalized spacial score (nSPS) is 17.9. The molecule has 28 heavy (non-hydrogen) atoms. The summed E-state index contributed by atoms with van der Waals surface area (Å²) in [7, 11) is 0. The second-order valence-corrected chi connectivity index (χ2v) is 8.01. The standard InChI is InChI=1S/C20H17BrN4O3/c21-13-2-4-16-14(11-13)18(26)24-20(28-16)6-9-25(10-7-20)19(27)15-3-1-12-5-8-22-17(12)23-15/h1-5,8,11H,6-7,9-10H2,(H,22,23)(H,24,26). The van der Waals surface area contributed by atoms with E-state index in [1.165, 1.54) is 0 Å². The van der Waals surface area contributed by atoms with Crippen LogP contribution in [0.15, 0.2) is 47.1 Å². The first-order valence-electron chi connectivity index (χ1n) is 9.08. The first kappa shape index (κ1) is 17.2. The van der Waals surface area contributed by atoms with Crippen molar-refractivity contribution in [2.24, 2.45) is 0 Å². The van der Waals surface area contributed by atoms with Crippen LogP contribution in [0.4, 0.5) is 0 Å². The average Bonchev–Trinajstić information content (AvgIpc) is 3.17. The molecule has 2 aromatic heterocycles. The second kappa shape index (κ2) is 6.34. The van der Waals surface area contributed by atoms with Crippen LogP contribution >= 0.6 is 15.9 Å². The smallest absolute Gasteiger partial charge is 0.272 e. The summed E-state index contributed by atoms with van der Waals surface area (Å²) in [5, 5.41) is 3.96. The predicted molar refractivity (Wildman–Crippen MR) is 106 cm³/mol. The van der Waals surface area contributed by atoms with E-state index in [0.29, 0.717) is 48.6 Å². The highest BCUT2D eigenvalue weighted by atomic mass is 79.9. The van der Waals surface area contributed by atoms with E-state index in [1.54, 1.807) is 29.3 Å². The topological polar surface area (TPSA) is 87.3 Å². The highest BCUT2D eigenvalue weighted by molar-refractivity contribution is 9.10. The Labute approximate surface area is 169 Å².